The van der Waals surface area contributed by atoms with Gasteiger partial charge in [0.1, 0.15) is 6.61 Å². The maximum absolute atomic E-state index is 12.0. The maximum atomic E-state index is 12.0. The number of hydrogen-bond donors (Lipinski definition) is 1. The summed E-state index contributed by atoms with van der Waals surface area (Å²) in [5, 5.41) is 0. The van der Waals surface area contributed by atoms with Gasteiger partial charge in [-0.25, -0.2) is 0 Å². The van der Waals surface area contributed by atoms with Gasteiger partial charge in [0.2, 0.25) is 5.91 Å². The maximum Gasteiger partial charge on any atom is 0.249 e. The first kappa shape index (κ1) is 12.8. The van der Waals surface area contributed by atoms with E-state index in [2.05, 4.69) is 11.8 Å². The third-order valence-corrected chi connectivity index (χ3v) is 3.81. The molecule has 17 heavy (non-hydrogen) atoms. The quantitative estimate of drug-likeness (QED) is 0.734. The minimum atomic E-state index is 0.0676. The SMILES string of the molecule is CCN1CCCC(N2C(=O)COCC2CN)C1. The standard InChI is InChI=1S/C12H23N3O2/c1-2-14-5-3-4-10(7-14)15-11(6-13)8-17-9-12(15)16/h10-11H,2-9,13H2,1H3. The number of piperidine rings is 1. The number of carbonyl (C=O) groups is 1. The van der Waals surface area contributed by atoms with Gasteiger partial charge in [0.25, 0.3) is 0 Å². The first-order valence-corrected chi connectivity index (χ1v) is 6.57. The van der Waals surface area contributed by atoms with Crippen LogP contribution in [0.25, 0.3) is 0 Å². The third-order valence-electron chi connectivity index (χ3n) is 3.81. The third kappa shape index (κ3) is 2.78. The van der Waals surface area contributed by atoms with Crippen LogP contribution in [0.1, 0.15) is 19.8 Å². The largest absolute Gasteiger partial charge is 0.369 e. The first-order chi connectivity index (χ1) is 8.26. The van der Waals surface area contributed by atoms with Gasteiger partial charge in [0, 0.05) is 19.1 Å². The summed E-state index contributed by atoms with van der Waals surface area (Å²) in [5.74, 6) is 0.106. The van der Waals surface area contributed by atoms with Crippen molar-refractivity contribution in [1.82, 2.24) is 9.80 Å². The van der Waals surface area contributed by atoms with E-state index in [0.717, 1.165) is 26.1 Å². The van der Waals surface area contributed by atoms with Gasteiger partial charge in [0.05, 0.1) is 12.6 Å². The van der Waals surface area contributed by atoms with Gasteiger partial charge in [-0.2, -0.15) is 0 Å². The molecule has 0 spiro atoms. The molecule has 0 radical (unpaired) electrons. The minimum absolute atomic E-state index is 0.0676. The molecule has 2 fully saturated rings. The Labute approximate surface area is 103 Å². The number of carbonyl (C=O) groups excluding carboxylic acids is 1. The molecule has 2 heterocycles. The molecule has 2 aliphatic heterocycles. The van der Waals surface area contributed by atoms with Crippen LogP contribution in [0.2, 0.25) is 0 Å². The molecular weight excluding hydrogens is 218 g/mol. The average molecular weight is 241 g/mol. The number of morpholine rings is 1. The summed E-state index contributed by atoms with van der Waals surface area (Å²) in [6.07, 6.45) is 2.26. The van der Waals surface area contributed by atoms with E-state index in [1.807, 2.05) is 4.90 Å². The molecular formula is C12H23N3O2. The molecule has 0 aliphatic carbocycles. The van der Waals surface area contributed by atoms with E-state index in [4.69, 9.17) is 10.5 Å². The zero-order valence-electron chi connectivity index (χ0n) is 10.6. The summed E-state index contributed by atoms with van der Waals surface area (Å²) in [5.41, 5.74) is 5.74. The first-order valence-electron chi connectivity index (χ1n) is 6.57. The van der Waals surface area contributed by atoms with Gasteiger partial charge in [-0.1, -0.05) is 6.92 Å². The van der Waals surface area contributed by atoms with Crippen molar-refractivity contribution in [2.45, 2.75) is 31.8 Å². The van der Waals surface area contributed by atoms with E-state index in [-0.39, 0.29) is 18.6 Å². The Bertz CT molecular complexity index is 272. The summed E-state index contributed by atoms with van der Waals surface area (Å²) in [7, 11) is 0. The predicted molar refractivity (Wildman–Crippen MR) is 65.6 cm³/mol. The number of rotatable bonds is 3. The van der Waals surface area contributed by atoms with Crippen LogP contribution < -0.4 is 5.73 Å². The van der Waals surface area contributed by atoms with Gasteiger partial charge < -0.3 is 20.3 Å². The van der Waals surface area contributed by atoms with E-state index >= 15 is 0 Å². The highest BCUT2D eigenvalue weighted by molar-refractivity contribution is 5.78. The molecule has 0 aromatic heterocycles. The fraction of sp³-hybridized carbons (Fsp3) is 0.917. The molecule has 5 heteroatoms. The number of nitrogens with zero attached hydrogens (tertiary/aromatic N) is 2. The summed E-state index contributed by atoms with van der Waals surface area (Å²) >= 11 is 0. The molecule has 2 N–H and O–H groups in total. The molecule has 5 nitrogen and oxygen atoms in total. The van der Waals surface area contributed by atoms with Crippen molar-refractivity contribution in [3.8, 4) is 0 Å². The van der Waals surface area contributed by atoms with Crippen molar-refractivity contribution in [1.29, 1.82) is 0 Å². The molecule has 2 saturated heterocycles. The molecule has 2 atom stereocenters. The second-order valence-electron chi connectivity index (χ2n) is 4.89. The smallest absolute Gasteiger partial charge is 0.249 e. The fourth-order valence-electron chi connectivity index (χ4n) is 2.87. The van der Waals surface area contributed by atoms with Crippen molar-refractivity contribution < 1.29 is 9.53 Å². The lowest BCUT2D eigenvalue weighted by Crippen LogP contribution is -2.60. The molecule has 2 aliphatic rings. The highest BCUT2D eigenvalue weighted by Gasteiger charge is 2.35. The number of nitrogens with two attached hydrogens (primary N) is 1. The summed E-state index contributed by atoms with van der Waals surface area (Å²) < 4.78 is 5.27. The van der Waals surface area contributed by atoms with E-state index < -0.39 is 0 Å². The van der Waals surface area contributed by atoms with Crippen LogP contribution in [0.5, 0.6) is 0 Å². The highest BCUT2D eigenvalue weighted by Crippen LogP contribution is 2.20. The van der Waals surface area contributed by atoms with Crippen LogP contribution in [0.15, 0.2) is 0 Å². The second-order valence-corrected chi connectivity index (χ2v) is 4.89. The monoisotopic (exact) mass is 241 g/mol. The van der Waals surface area contributed by atoms with Crippen LogP contribution >= 0.6 is 0 Å². The highest BCUT2D eigenvalue weighted by atomic mass is 16.5. The zero-order valence-corrected chi connectivity index (χ0v) is 10.6. The minimum Gasteiger partial charge on any atom is -0.369 e. The summed E-state index contributed by atoms with van der Waals surface area (Å²) in [4.78, 5) is 16.4. The van der Waals surface area contributed by atoms with E-state index in [0.29, 0.717) is 19.2 Å². The molecule has 2 unspecified atom stereocenters. The Kier molecular flexibility index (Phi) is 4.36. The van der Waals surface area contributed by atoms with Gasteiger partial charge in [0.15, 0.2) is 0 Å². The van der Waals surface area contributed by atoms with Crippen molar-refractivity contribution in [2.75, 3.05) is 39.4 Å². The molecule has 0 saturated carbocycles. The topological polar surface area (TPSA) is 58.8 Å². The summed E-state index contributed by atoms with van der Waals surface area (Å²) in [6, 6.07) is 0.395. The number of likely N-dealkylation sites (tertiary alicyclic amines) is 1. The van der Waals surface area contributed by atoms with Crippen LogP contribution in [0.3, 0.4) is 0 Å². The summed E-state index contributed by atoms with van der Waals surface area (Å²) in [6.45, 7) is 6.67. The second kappa shape index (κ2) is 5.80. The van der Waals surface area contributed by atoms with Gasteiger partial charge in [-0.3, -0.25) is 4.79 Å². The fourth-order valence-corrected chi connectivity index (χ4v) is 2.87. The Balaban J connectivity index is 2.04. The molecule has 0 aromatic rings. The number of hydrogen-bond acceptors (Lipinski definition) is 4. The Morgan fingerprint density at radius 1 is 1.53 bits per heavy atom. The Morgan fingerprint density at radius 3 is 3.06 bits per heavy atom. The Hall–Kier alpha value is -0.650. The molecule has 0 aromatic carbocycles. The molecule has 1 amide bonds. The van der Waals surface area contributed by atoms with Crippen LogP contribution in [-0.2, 0) is 9.53 Å². The van der Waals surface area contributed by atoms with Gasteiger partial charge in [-0.05, 0) is 25.9 Å². The lowest BCUT2D eigenvalue weighted by atomic mass is 10.0. The van der Waals surface area contributed by atoms with Crippen molar-refractivity contribution in [3.05, 3.63) is 0 Å². The van der Waals surface area contributed by atoms with E-state index in [9.17, 15) is 4.79 Å². The number of likely N-dealkylation sites (N-methyl/N-ethyl adjacent to an activating group) is 1. The zero-order chi connectivity index (χ0) is 12.3. The molecule has 0 bridgehead atoms. The predicted octanol–water partition coefficient (Wildman–Crippen LogP) is -0.343. The van der Waals surface area contributed by atoms with Gasteiger partial charge in [-0.15, -0.1) is 0 Å². The number of ether oxygens (including phenoxy) is 1. The normalized spacial score (nSPS) is 31.9. The molecule has 98 valence electrons. The lowest BCUT2D eigenvalue weighted by molar-refractivity contribution is -0.153. The van der Waals surface area contributed by atoms with Crippen LogP contribution in [0, 0.1) is 0 Å². The van der Waals surface area contributed by atoms with Gasteiger partial charge >= 0.3 is 0 Å². The van der Waals surface area contributed by atoms with Crippen LogP contribution in [-0.4, -0.2) is 67.2 Å². The molecule has 2 rings (SSSR count). The average Bonchev–Trinajstić information content (AvgIpc) is 2.38. The lowest BCUT2D eigenvalue weighted by Gasteiger charge is -2.44. The Morgan fingerprint density at radius 2 is 2.35 bits per heavy atom. The number of amides is 1. The van der Waals surface area contributed by atoms with Crippen molar-refractivity contribution in [3.63, 3.8) is 0 Å². The van der Waals surface area contributed by atoms with Crippen molar-refractivity contribution in [2.24, 2.45) is 5.73 Å². The van der Waals surface area contributed by atoms with Crippen LogP contribution in [0.4, 0.5) is 0 Å². The van der Waals surface area contributed by atoms with Crippen molar-refractivity contribution >= 4 is 5.91 Å². The van der Waals surface area contributed by atoms with E-state index in [1.54, 1.807) is 0 Å². The van der Waals surface area contributed by atoms with E-state index in [1.165, 1.54) is 6.42 Å².